The van der Waals surface area contributed by atoms with Gasteiger partial charge in [0.25, 0.3) is 5.91 Å². The number of hydrogen-bond donors (Lipinski definition) is 1. The molecule has 1 aromatic heterocycles. The number of carbonyl (C=O) groups is 2. The normalized spacial score (nSPS) is 20.7. The molecule has 2 aliphatic rings. The number of aromatic nitrogens is 1. The first kappa shape index (κ1) is 17.9. The summed E-state index contributed by atoms with van der Waals surface area (Å²) in [5.74, 6) is 0.485. The Morgan fingerprint density at radius 2 is 1.96 bits per heavy atom. The second kappa shape index (κ2) is 8.05. The molecule has 2 fully saturated rings. The zero-order valence-corrected chi connectivity index (χ0v) is 15.4. The Morgan fingerprint density at radius 3 is 2.74 bits per heavy atom. The number of nitrogens with zero attached hydrogens (tertiary/aromatic N) is 2. The van der Waals surface area contributed by atoms with Crippen LogP contribution in [0.25, 0.3) is 10.9 Å². The lowest BCUT2D eigenvalue weighted by molar-refractivity contribution is -0.130. The average Bonchev–Trinajstić information content (AvgIpc) is 3.26. The molecule has 27 heavy (non-hydrogen) atoms. The zero-order chi connectivity index (χ0) is 18.6. The van der Waals surface area contributed by atoms with E-state index in [9.17, 15) is 9.59 Å². The molecule has 0 bridgehead atoms. The maximum Gasteiger partial charge on any atom is 0.254 e. The van der Waals surface area contributed by atoms with Gasteiger partial charge in [-0.15, -0.1) is 0 Å². The number of piperidine rings is 1. The minimum Gasteiger partial charge on any atom is -0.368 e. The van der Waals surface area contributed by atoms with E-state index in [1.54, 1.807) is 12.3 Å². The van der Waals surface area contributed by atoms with Gasteiger partial charge in [0.2, 0.25) is 5.91 Å². The Labute approximate surface area is 158 Å². The van der Waals surface area contributed by atoms with E-state index in [1.807, 2.05) is 29.2 Å². The van der Waals surface area contributed by atoms with Crippen molar-refractivity contribution in [3.05, 3.63) is 42.1 Å². The first-order valence-electron chi connectivity index (χ1n) is 9.75. The van der Waals surface area contributed by atoms with Crippen LogP contribution in [-0.4, -0.2) is 54.0 Å². The fraction of sp³-hybridized carbons (Fsp3) is 0.476. The van der Waals surface area contributed by atoms with Gasteiger partial charge < -0.3 is 15.0 Å². The van der Waals surface area contributed by atoms with Gasteiger partial charge >= 0.3 is 0 Å². The Balaban J connectivity index is 1.32. The van der Waals surface area contributed by atoms with Gasteiger partial charge in [-0.3, -0.25) is 14.6 Å². The molecule has 1 N–H and O–H groups in total. The number of carbonyl (C=O) groups excluding carboxylic acids is 2. The molecule has 4 rings (SSSR count). The lowest BCUT2D eigenvalue weighted by atomic mass is 9.95. The van der Waals surface area contributed by atoms with Gasteiger partial charge in [0.1, 0.15) is 6.10 Å². The fourth-order valence-electron chi connectivity index (χ4n) is 3.94. The molecule has 2 saturated heterocycles. The first-order chi connectivity index (χ1) is 13.2. The van der Waals surface area contributed by atoms with Crippen LogP contribution in [-0.2, 0) is 9.53 Å². The number of pyridine rings is 1. The summed E-state index contributed by atoms with van der Waals surface area (Å²) in [5.41, 5.74) is 1.56. The number of hydrogen-bond acceptors (Lipinski definition) is 4. The summed E-state index contributed by atoms with van der Waals surface area (Å²) in [6.07, 6.45) is 5.01. The maximum atomic E-state index is 13.0. The van der Waals surface area contributed by atoms with E-state index < -0.39 is 0 Å². The van der Waals surface area contributed by atoms with Gasteiger partial charge in [-0.2, -0.15) is 0 Å². The average molecular weight is 367 g/mol. The summed E-state index contributed by atoms with van der Waals surface area (Å²) in [7, 11) is 0. The number of likely N-dealkylation sites (tertiary alicyclic amines) is 1. The predicted molar refractivity (Wildman–Crippen MR) is 102 cm³/mol. The van der Waals surface area contributed by atoms with Crippen LogP contribution >= 0.6 is 0 Å². The van der Waals surface area contributed by atoms with Crippen LogP contribution in [0.4, 0.5) is 0 Å². The van der Waals surface area contributed by atoms with Gasteiger partial charge in [-0.25, -0.2) is 0 Å². The SMILES string of the molecule is O=C(NCC1CCN(C(=O)c2ccnc3ccccc23)CC1)[C@H]1CCCO1. The van der Waals surface area contributed by atoms with Crippen LogP contribution in [0, 0.1) is 5.92 Å². The van der Waals surface area contributed by atoms with Crippen LogP contribution < -0.4 is 5.32 Å². The Kier molecular flexibility index (Phi) is 5.34. The van der Waals surface area contributed by atoms with Gasteiger partial charge in [0, 0.05) is 37.8 Å². The molecule has 0 aliphatic carbocycles. The van der Waals surface area contributed by atoms with Crippen LogP contribution in [0.5, 0.6) is 0 Å². The third kappa shape index (κ3) is 3.95. The van der Waals surface area contributed by atoms with Crippen molar-refractivity contribution in [2.75, 3.05) is 26.2 Å². The van der Waals surface area contributed by atoms with E-state index in [0.717, 1.165) is 49.7 Å². The highest BCUT2D eigenvalue weighted by Gasteiger charge is 2.27. The number of nitrogens with one attached hydrogen (secondary N) is 1. The van der Waals surface area contributed by atoms with E-state index in [0.29, 0.717) is 24.6 Å². The van der Waals surface area contributed by atoms with Crippen molar-refractivity contribution in [1.29, 1.82) is 0 Å². The smallest absolute Gasteiger partial charge is 0.254 e. The molecular formula is C21H25N3O3. The molecular weight excluding hydrogens is 342 g/mol. The predicted octanol–water partition coefficient (Wildman–Crippen LogP) is 2.38. The third-order valence-corrected chi connectivity index (χ3v) is 5.57. The Hall–Kier alpha value is -2.47. The lowest BCUT2D eigenvalue weighted by Crippen LogP contribution is -2.43. The molecule has 6 heteroatoms. The molecule has 142 valence electrons. The van der Waals surface area contributed by atoms with Crippen molar-refractivity contribution in [2.45, 2.75) is 31.8 Å². The molecule has 1 aromatic carbocycles. The number of ether oxygens (including phenoxy) is 1. The number of amides is 2. The summed E-state index contributed by atoms with van der Waals surface area (Å²) in [4.78, 5) is 31.3. The summed E-state index contributed by atoms with van der Waals surface area (Å²) in [5, 5.41) is 3.92. The Bertz CT molecular complexity index is 819. The van der Waals surface area contributed by atoms with Gasteiger partial charge in [-0.1, -0.05) is 18.2 Å². The van der Waals surface area contributed by atoms with Crippen molar-refractivity contribution in [3.8, 4) is 0 Å². The van der Waals surface area contributed by atoms with Gasteiger partial charge in [0.05, 0.1) is 11.1 Å². The highest BCUT2D eigenvalue weighted by Crippen LogP contribution is 2.22. The van der Waals surface area contributed by atoms with Crippen molar-refractivity contribution in [3.63, 3.8) is 0 Å². The topological polar surface area (TPSA) is 71.5 Å². The first-order valence-corrected chi connectivity index (χ1v) is 9.75. The van der Waals surface area contributed by atoms with Crippen molar-refractivity contribution in [1.82, 2.24) is 15.2 Å². The maximum absolute atomic E-state index is 13.0. The number of benzene rings is 1. The molecule has 2 amide bonds. The second-order valence-corrected chi connectivity index (χ2v) is 7.36. The molecule has 6 nitrogen and oxygen atoms in total. The molecule has 0 radical (unpaired) electrons. The molecule has 0 saturated carbocycles. The summed E-state index contributed by atoms with van der Waals surface area (Å²) in [6.45, 7) is 2.78. The summed E-state index contributed by atoms with van der Waals surface area (Å²) >= 11 is 0. The molecule has 2 aromatic rings. The van der Waals surface area contributed by atoms with E-state index in [2.05, 4.69) is 10.3 Å². The minimum atomic E-state index is -0.272. The quantitative estimate of drug-likeness (QED) is 0.901. The van der Waals surface area contributed by atoms with Gasteiger partial charge in [0.15, 0.2) is 0 Å². The Morgan fingerprint density at radius 1 is 1.15 bits per heavy atom. The van der Waals surface area contributed by atoms with Crippen LogP contribution in [0.15, 0.2) is 36.5 Å². The second-order valence-electron chi connectivity index (χ2n) is 7.36. The van der Waals surface area contributed by atoms with E-state index in [1.165, 1.54) is 0 Å². The molecule has 0 unspecified atom stereocenters. The highest BCUT2D eigenvalue weighted by molar-refractivity contribution is 6.05. The number of rotatable bonds is 4. The van der Waals surface area contributed by atoms with E-state index in [4.69, 9.17) is 4.74 Å². The van der Waals surface area contributed by atoms with Crippen LogP contribution in [0.1, 0.15) is 36.0 Å². The summed E-state index contributed by atoms with van der Waals surface area (Å²) in [6, 6.07) is 9.54. The summed E-state index contributed by atoms with van der Waals surface area (Å²) < 4.78 is 5.42. The standard InChI is InChI=1S/C21H25N3O3/c25-20(19-6-3-13-27-19)23-14-15-8-11-24(12-9-15)21(26)17-7-10-22-18-5-2-1-4-16(17)18/h1-2,4-5,7,10,15,19H,3,6,8-9,11-14H2,(H,23,25)/t19-/m1/s1. The van der Waals surface area contributed by atoms with E-state index >= 15 is 0 Å². The van der Waals surface area contributed by atoms with E-state index in [-0.39, 0.29) is 17.9 Å². The minimum absolute atomic E-state index is 0.00858. The number of fused-ring (bicyclic) bond motifs is 1. The van der Waals surface area contributed by atoms with Crippen molar-refractivity contribution in [2.24, 2.45) is 5.92 Å². The lowest BCUT2D eigenvalue weighted by Gasteiger charge is -2.32. The third-order valence-electron chi connectivity index (χ3n) is 5.57. The largest absolute Gasteiger partial charge is 0.368 e. The molecule has 2 aliphatic heterocycles. The van der Waals surface area contributed by atoms with Crippen molar-refractivity contribution >= 4 is 22.7 Å². The highest BCUT2D eigenvalue weighted by atomic mass is 16.5. The van der Waals surface area contributed by atoms with Gasteiger partial charge in [-0.05, 0) is 43.7 Å². The van der Waals surface area contributed by atoms with Crippen molar-refractivity contribution < 1.29 is 14.3 Å². The monoisotopic (exact) mass is 367 g/mol. The fourth-order valence-corrected chi connectivity index (χ4v) is 3.94. The van der Waals surface area contributed by atoms with Crippen LogP contribution in [0.3, 0.4) is 0 Å². The molecule has 1 atom stereocenters. The zero-order valence-electron chi connectivity index (χ0n) is 15.4. The molecule has 0 spiro atoms. The number of para-hydroxylation sites is 1. The van der Waals surface area contributed by atoms with Crippen LogP contribution in [0.2, 0.25) is 0 Å². The molecule has 3 heterocycles.